The lowest BCUT2D eigenvalue weighted by molar-refractivity contribution is -0.120. The Morgan fingerprint density at radius 3 is 2.58 bits per heavy atom. The molecule has 0 spiro atoms. The molecule has 0 aliphatic carbocycles. The van der Waals surface area contributed by atoms with Crippen LogP contribution in [0, 0.1) is 0 Å². The molecule has 1 aliphatic rings. The van der Waals surface area contributed by atoms with E-state index in [1.807, 2.05) is 24.3 Å². The average molecular weight is 351 g/mol. The second kappa shape index (κ2) is 9.39. The summed E-state index contributed by atoms with van der Waals surface area (Å²) in [6.07, 6.45) is 5.21. The first-order chi connectivity index (χ1) is 12.7. The number of rotatable bonds is 7. The van der Waals surface area contributed by atoms with Gasteiger partial charge in [-0.3, -0.25) is 9.69 Å². The van der Waals surface area contributed by atoms with Crippen LogP contribution in [0.4, 0.5) is 5.69 Å². The van der Waals surface area contributed by atoms with Crippen LogP contribution >= 0.6 is 0 Å². The van der Waals surface area contributed by atoms with Gasteiger partial charge in [0.15, 0.2) is 0 Å². The van der Waals surface area contributed by atoms with Crippen molar-refractivity contribution in [1.29, 1.82) is 0 Å². The third-order valence-corrected chi connectivity index (χ3v) is 5.12. The van der Waals surface area contributed by atoms with Crippen molar-refractivity contribution in [2.75, 3.05) is 18.8 Å². The molecule has 4 nitrogen and oxygen atoms in total. The van der Waals surface area contributed by atoms with Crippen molar-refractivity contribution >= 4 is 11.6 Å². The highest BCUT2D eigenvalue weighted by Crippen LogP contribution is 2.21. The summed E-state index contributed by atoms with van der Waals surface area (Å²) < 4.78 is 0. The van der Waals surface area contributed by atoms with Crippen LogP contribution in [-0.4, -0.2) is 29.9 Å². The standard InChI is InChI=1S/C22H29N3O/c23-20-11-9-18(10-12-20)16-22(26)24-14-13-21-8-4-5-15-25(21)17-19-6-2-1-3-7-19/h1-3,6-7,9-12,21H,4-5,8,13-17,23H2,(H,24,26). The molecule has 1 fully saturated rings. The van der Waals surface area contributed by atoms with Gasteiger partial charge >= 0.3 is 0 Å². The maximum absolute atomic E-state index is 12.2. The van der Waals surface area contributed by atoms with E-state index in [-0.39, 0.29) is 5.91 Å². The summed E-state index contributed by atoms with van der Waals surface area (Å²) >= 11 is 0. The lowest BCUT2D eigenvalue weighted by Gasteiger charge is -2.36. The number of nitrogens with one attached hydrogen (secondary N) is 1. The number of carbonyl (C=O) groups is 1. The summed E-state index contributed by atoms with van der Waals surface area (Å²) in [6, 6.07) is 18.7. The topological polar surface area (TPSA) is 58.4 Å². The molecule has 0 bridgehead atoms. The SMILES string of the molecule is Nc1ccc(CC(=O)NCCC2CCCCN2Cc2ccccc2)cc1. The summed E-state index contributed by atoms with van der Waals surface area (Å²) in [4.78, 5) is 14.7. The van der Waals surface area contributed by atoms with Gasteiger partial charge in [0.1, 0.15) is 0 Å². The maximum Gasteiger partial charge on any atom is 0.224 e. The van der Waals surface area contributed by atoms with Gasteiger partial charge in [-0.1, -0.05) is 48.9 Å². The molecule has 0 radical (unpaired) electrons. The molecule has 26 heavy (non-hydrogen) atoms. The minimum atomic E-state index is 0.0835. The molecular formula is C22H29N3O. The summed E-state index contributed by atoms with van der Waals surface area (Å²) in [5.41, 5.74) is 8.78. The van der Waals surface area contributed by atoms with Crippen LogP contribution < -0.4 is 11.1 Å². The molecule has 3 N–H and O–H groups in total. The predicted molar refractivity (Wildman–Crippen MR) is 107 cm³/mol. The molecule has 4 heteroatoms. The third kappa shape index (κ3) is 5.60. The highest BCUT2D eigenvalue weighted by atomic mass is 16.1. The number of nitrogen functional groups attached to an aromatic ring is 1. The molecule has 1 unspecified atom stereocenters. The molecule has 1 amide bonds. The van der Waals surface area contributed by atoms with E-state index in [0.29, 0.717) is 12.5 Å². The molecule has 0 saturated carbocycles. The molecular weight excluding hydrogens is 322 g/mol. The fourth-order valence-corrected chi connectivity index (χ4v) is 3.67. The van der Waals surface area contributed by atoms with Crippen LogP contribution in [0.5, 0.6) is 0 Å². The quantitative estimate of drug-likeness (QED) is 0.752. The second-order valence-electron chi connectivity index (χ2n) is 7.16. The smallest absolute Gasteiger partial charge is 0.224 e. The summed E-state index contributed by atoms with van der Waals surface area (Å²) in [5.74, 6) is 0.0835. The Morgan fingerprint density at radius 1 is 1.04 bits per heavy atom. The Morgan fingerprint density at radius 2 is 1.81 bits per heavy atom. The zero-order chi connectivity index (χ0) is 18.2. The van der Waals surface area contributed by atoms with E-state index in [2.05, 4.69) is 40.5 Å². The molecule has 1 saturated heterocycles. The van der Waals surface area contributed by atoms with Crippen molar-refractivity contribution in [2.45, 2.75) is 44.7 Å². The number of anilines is 1. The Kier molecular flexibility index (Phi) is 6.67. The Bertz CT molecular complexity index is 684. The van der Waals surface area contributed by atoms with E-state index in [0.717, 1.165) is 37.3 Å². The van der Waals surface area contributed by atoms with Crippen LogP contribution in [0.1, 0.15) is 36.8 Å². The van der Waals surface area contributed by atoms with Crippen LogP contribution in [0.3, 0.4) is 0 Å². The van der Waals surface area contributed by atoms with E-state index in [9.17, 15) is 4.79 Å². The van der Waals surface area contributed by atoms with Gasteiger partial charge in [0.25, 0.3) is 0 Å². The van der Waals surface area contributed by atoms with Gasteiger partial charge in [0, 0.05) is 24.8 Å². The first-order valence-electron chi connectivity index (χ1n) is 9.60. The molecule has 1 atom stereocenters. The molecule has 2 aromatic carbocycles. The van der Waals surface area contributed by atoms with Gasteiger partial charge < -0.3 is 11.1 Å². The van der Waals surface area contributed by atoms with Gasteiger partial charge in [-0.15, -0.1) is 0 Å². The van der Waals surface area contributed by atoms with Crippen molar-refractivity contribution in [3.05, 3.63) is 65.7 Å². The van der Waals surface area contributed by atoms with E-state index < -0.39 is 0 Å². The minimum absolute atomic E-state index is 0.0835. The fraction of sp³-hybridized carbons (Fsp3) is 0.409. The maximum atomic E-state index is 12.2. The number of nitrogens with zero attached hydrogens (tertiary/aromatic N) is 1. The number of amides is 1. The van der Waals surface area contributed by atoms with Crippen molar-refractivity contribution in [1.82, 2.24) is 10.2 Å². The van der Waals surface area contributed by atoms with Gasteiger partial charge in [-0.2, -0.15) is 0 Å². The largest absolute Gasteiger partial charge is 0.399 e. The first-order valence-corrected chi connectivity index (χ1v) is 9.60. The number of hydrogen-bond donors (Lipinski definition) is 2. The normalized spacial score (nSPS) is 17.8. The molecule has 2 aromatic rings. The average Bonchev–Trinajstić information content (AvgIpc) is 2.66. The molecule has 138 valence electrons. The van der Waals surface area contributed by atoms with Crippen molar-refractivity contribution in [2.24, 2.45) is 0 Å². The van der Waals surface area contributed by atoms with Crippen LogP contribution in [-0.2, 0) is 17.8 Å². The molecule has 1 aliphatic heterocycles. The number of carbonyl (C=O) groups excluding carboxylic acids is 1. The van der Waals surface area contributed by atoms with Crippen LogP contribution in [0.25, 0.3) is 0 Å². The summed E-state index contributed by atoms with van der Waals surface area (Å²) in [7, 11) is 0. The number of hydrogen-bond acceptors (Lipinski definition) is 3. The number of likely N-dealkylation sites (tertiary alicyclic amines) is 1. The van der Waals surface area contributed by atoms with Gasteiger partial charge in [-0.25, -0.2) is 0 Å². The highest BCUT2D eigenvalue weighted by Gasteiger charge is 2.22. The van der Waals surface area contributed by atoms with Gasteiger partial charge in [-0.05, 0) is 49.1 Å². The zero-order valence-electron chi connectivity index (χ0n) is 15.4. The Balaban J connectivity index is 1.44. The van der Waals surface area contributed by atoms with Crippen molar-refractivity contribution in [3.8, 4) is 0 Å². The summed E-state index contributed by atoms with van der Waals surface area (Å²) in [5, 5.41) is 3.08. The molecule has 0 aromatic heterocycles. The predicted octanol–water partition coefficient (Wildman–Crippen LogP) is 3.37. The highest BCUT2D eigenvalue weighted by molar-refractivity contribution is 5.78. The Labute approximate surface area is 156 Å². The molecule has 1 heterocycles. The number of piperidine rings is 1. The first kappa shape index (κ1) is 18.5. The van der Waals surface area contributed by atoms with Crippen LogP contribution in [0.2, 0.25) is 0 Å². The second-order valence-corrected chi connectivity index (χ2v) is 7.16. The van der Waals surface area contributed by atoms with E-state index in [1.165, 1.54) is 24.8 Å². The lowest BCUT2D eigenvalue weighted by atomic mass is 9.98. The van der Waals surface area contributed by atoms with Crippen LogP contribution in [0.15, 0.2) is 54.6 Å². The fourth-order valence-electron chi connectivity index (χ4n) is 3.67. The van der Waals surface area contributed by atoms with E-state index in [1.54, 1.807) is 0 Å². The number of benzene rings is 2. The van der Waals surface area contributed by atoms with Gasteiger partial charge in [0.2, 0.25) is 5.91 Å². The molecule has 3 rings (SSSR count). The lowest BCUT2D eigenvalue weighted by Crippen LogP contribution is -2.41. The van der Waals surface area contributed by atoms with E-state index in [4.69, 9.17) is 5.73 Å². The monoisotopic (exact) mass is 351 g/mol. The Hall–Kier alpha value is -2.33. The summed E-state index contributed by atoms with van der Waals surface area (Å²) in [6.45, 7) is 2.90. The van der Waals surface area contributed by atoms with Crippen molar-refractivity contribution < 1.29 is 4.79 Å². The van der Waals surface area contributed by atoms with E-state index >= 15 is 0 Å². The minimum Gasteiger partial charge on any atom is -0.399 e. The zero-order valence-corrected chi connectivity index (χ0v) is 15.4. The third-order valence-electron chi connectivity index (χ3n) is 5.12. The van der Waals surface area contributed by atoms with Crippen molar-refractivity contribution in [3.63, 3.8) is 0 Å². The number of nitrogens with two attached hydrogens (primary N) is 1. The van der Waals surface area contributed by atoms with Gasteiger partial charge in [0.05, 0.1) is 6.42 Å².